The molecule has 1 heterocycles. The Morgan fingerprint density at radius 3 is 2.64 bits per heavy atom. The summed E-state index contributed by atoms with van der Waals surface area (Å²) in [6, 6.07) is 3.37. The minimum atomic E-state index is -3.97. The van der Waals surface area contributed by atoms with Crippen LogP contribution in [0, 0.1) is 0 Å². The van der Waals surface area contributed by atoms with Crippen LogP contribution < -0.4 is 5.32 Å². The van der Waals surface area contributed by atoms with Gasteiger partial charge in [0.25, 0.3) is 0 Å². The average Bonchev–Trinajstić information content (AvgIpc) is 2.56. The van der Waals surface area contributed by atoms with Crippen LogP contribution in [0.15, 0.2) is 18.3 Å². The fraction of sp³-hybridized carbons (Fsp3) is 0.500. The Balaban J connectivity index is 2.28. The lowest BCUT2D eigenvalue weighted by molar-refractivity contribution is -0.125. The van der Waals surface area contributed by atoms with Crippen LogP contribution in [0.25, 0.3) is 0 Å². The Kier molecular flexibility index (Phi) is 3.51. The lowest BCUT2D eigenvalue weighted by Crippen LogP contribution is -2.38. The smallest absolute Gasteiger partial charge is 0.319 e. The molecular formula is C8H10F4N2. The lowest BCUT2D eigenvalue weighted by Gasteiger charge is -2.15. The number of halogens is 4. The number of hydrogen-bond donors (Lipinski definition) is 2. The monoisotopic (exact) mass is 210 g/mol. The molecule has 0 aromatic carbocycles. The third-order valence-corrected chi connectivity index (χ3v) is 1.66. The molecule has 1 aromatic heterocycles. The molecule has 0 aliphatic heterocycles. The van der Waals surface area contributed by atoms with Gasteiger partial charge in [-0.2, -0.15) is 8.78 Å². The van der Waals surface area contributed by atoms with Crippen molar-refractivity contribution in [3.05, 3.63) is 24.0 Å². The Bertz CT molecular complexity index is 258. The fourth-order valence-electron chi connectivity index (χ4n) is 0.918. The number of nitrogens with one attached hydrogen (secondary N) is 2. The summed E-state index contributed by atoms with van der Waals surface area (Å²) < 4.78 is 48.1. The molecule has 0 radical (unpaired) electrons. The van der Waals surface area contributed by atoms with Crippen molar-refractivity contribution in [1.82, 2.24) is 10.3 Å². The van der Waals surface area contributed by atoms with Crippen molar-refractivity contribution >= 4 is 0 Å². The zero-order valence-electron chi connectivity index (χ0n) is 7.24. The van der Waals surface area contributed by atoms with E-state index in [1.807, 2.05) is 0 Å². The number of aromatic amines is 1. The molecular weight excluding hydrogens is 200 g/mol. The molecule has 1 aromatic rings. The van der Waals surface area contributed by atoms with Gasteiger partial charge < -0.3 is 10.3 Å². The number of alkyl halides is 4. The largest absolute Gasteiger partial charge is 0.364 e. The van der Waals surface area contributed by atoms with Crippen molar-refractivity contribution in [2.45, 2.75) is 18.9 Å². The molecule has 2 nitrogen and oxygen atoms in total. The van der Waals surface area contributed by atoms with Crippen LogP contribution in [0.2, 0.25) is 0 Å². The molecule has 0 fully saturated rings. The van der Waals surface area contributed by atoms with Crippen LogP contribution in [0.3, 0.4) is 0 Å². The Hall–Kier alpha value is -1.04. The van der Waals surface area contributed by atoms with Crippen molar-refractivity contribution in [3.8, 4) is 0 Å². The molecule has 1 rings (SSSR count). The van der Waals surface area contributed by atoms with Crippen molar-refractivity contribution in [3.63, 3.8) is 0 Å². The summed E-state index contributed by atoms with van der Waals surface area (Å²) in [6.07, 6.45) is -2.00. The van der Waals surface area contributed by atoms with Crippen LogP contribution in [0.4, 0.5) is 17.6 Å². The standard InChI is InChI=1S/C8H10F4N2/c9-7(10)8(11,12)5-13-4-6-2-1-3-14-6/h1-3,7,13-14H,4-5H2. The summed E-state index contributed by atoms with van der Waals surface area (Å²) in [5.74, 6) is -3.97. The van der Waals surface area contributed by atoms with Gasteiger partial charge in [0.2, 0.25) is 0 Å². The van der Waals surface area contributed by atoms with Crippen molar-refractivity contribution in [1.29, 1.82) is 0 Å². The average molecular weight is 210 g/mol. The predicted octanol–water partition coefficient (Wildman–Crippen LogP) is 2.00. The maximum absolute atomic E-state index is 12.4. The molecule has 2 N–H and O–H groups in total. The minimum Gasteiger partial charge on any atom is -0.364 e. The lowest BCUT2D eigenvalue weighted by atomic mass is 10.3. The van der Waals surface area contributed by atoms with E-state index in [4.69, 9.17) is 0 Å². The van der Waals surface area contributed by atoms with Crippen molar-refractivity contribution in [2.75, 3.05) is 6.54 Å². The van der Waals surface area contributed by atoms with Crippen LogP contribution in [-0.4, -0.2) is 23.9 Å². The molecule has 6 heteroatoms. The van der Waals surface area contributed by atoms with Gasteiger partial charge in [-0.1, -0.05) is 0 Å². The molecule has 0 atom stereocenters. The van der Waals surface area contributed by atoms with E-state index in [9.17, 15) is 17.6 Å². The highest BCUT2D eigenvalue weighted by Crippen LogP contribution is 2.21. The molecule has 0 saturated carbocycles. The fourth-order valence-corrected chi connectivity index (χ4v) is 0.918. The Labute approximate surface area is 78.3 Å². The number of hydrogen-bond acceptors (Lipinski definition) is 1. The topological polar surface area (TPSA) is 27.8 Å². The second-order valence-electron chi connectivity index (χ2n) is 2.86. The third kappa shape index (κ3) is 3.02. The van der Waals surface area contributed by atoms with Crippen molar-refractivity contribution < 1.29 is 17.6 Å². The molecule has 80 valence electrons. The quantitative estimate of drug-likeness (QED) is 0.715. The minimum absolute atomic E-state index is 0.120. The van der Waals surface area contributed by atoms with Gasteiger partial charge in [-0.3, -0.25) is 0 Å². The summed E-state index contributed by atoms with van der Waals surface area (Å²) in [5, 5.41) is 2.25. The maximum atomic E-state index is 12.4. The molecule has 0 saturated heterocycles. The number of H-pyrrole nitrogens is 1. The molecule has 0 amide bonds. The van der Waals surface area contributed by atoms with E-state index in [0.29, 0.717) is 5.69 Å². The van der Waals surface area contributed by atoms with Gasteiger partial charge in [-0.25, -0.2) is 8.78 Å². The van der Waals surface area contributed by atoms with E-state index in [1.165, 1.54) is 0 Å². The summed E-state index contributed by atoms with van der Waals surface area (Å²) in [5.41, 5.74) is 0.676. The van der Waals surface area contributed by atoms with Crippen LogP contribution in [0.1, 0.15) is 5.69 Å². The SMILES string of the molecule is FC(F)C(F)(F)CNCc1ccc[nH]1. The molecule has 0 aliphatic carbocycles. The van der Waals surface area contributed by atoms with Gasteiger partial charge in [0.05, 0.1) is 6.54 Å². The normalized spacial score (nSPS) is 12.4. The summed E-state index contributed by atoms with van der Waals surface area (Å²) in [7, 11) is 0. The number of aromatic nitrogens is 1. The highest BCUT2D eigenvalue weighted by molar-refractivity contribution is 5.02. The molecule has 14 heavy (non-hydrogen) atoms. The van der Waals surface area contributed by atoms with Crippen LogP contribution >= 0.6 is 0 Å². The first kappa shape index (κ1) is 11.0. The summed E-state index contributed by atoms with van der Waals surface area (Å²) >= 11 is 0. The van der Waals surface area contributed by atoms with E-state index in [-0.39, 0.29) is 6.54 Å². The van der Waals surface area contributed by atoms with Gasteiger partial charge in [0.15, 0.2) is 0 Å². The van der Waals surface area contributed by atoms with Crippen LogP contribution in [0.5, 0.6) is 0 Å². The first-order chi connectivity index (χ1) is 6.52. The molecule has 0 spiro atoms. The van der Waals surface area contributed by atoms with E-state index in [1.54, 1.807) is 18.3 Å². The summed E-state index contributed by atoms with van der Waals surface area (Å²) in [4.78, 5) is 2.76. The maximum Gasteiger partial charge on any atom is 0.319 e. The zero-order chi connectivity index (χ0) is 10.6. The van der Waals surface area contributed by atoms with E-state index in [2.05, 4.69) is 10.3 Å². The van der Waals surface area contributed by atoms with Crippen LogP contribution in [-0.2, 0) is 6.54 Å². The highest BCUT2D eigenvalue weighted by Gasteiger charge is 2.39. The van der Waals surface area contributed by atoms with Gasteiger partial charge in [-0.05, 0) is 12.1 Å². The van der Waals surface area contributed by atoms with E-state index >= 15 is 0 Å². The zero-order valence-corrected chi connectivity index (χ0v) is 7.24. The second-order valence-corrected chi connectivity index (χ2v) is 2.86. The number of rotatable bonds is 5. The first-order valence-electron chi connectivity index (χ1n) is 4.01. The highest BCUT2D eigenvalue weighted by atomic mass is 19.3. The van der Waals surface area contributed by atoms with Gasteiger partial charge in [0, 0.05) is 18.4 Å². The van der Waals surface area contributed by atoms with Gasteiger partial charge in [-0.15, -0.1) is 0 Å². The summed E-state index contributed by atoms with van der Waals surface area (Å²) in [6.45, 7) is -0.904. The van der Waals surface area contributed by atoms with Gasteiger partial charge >= 0.3 is 12.3 Å². The predicted molar refractivity (Wildman–Crippen MR) is 43.5 cm³/mol. The van der Waals surface area contributed by atoms with E-state index in [0.717, 1.165) is 0 Å². The third-order valence-electron chi connectivity index (χ3n) is 1.66. The van der Waals surface area contributed by atoms with E-state index < -0.39 is 18.9 Å². The second kappa shape index (κ2) is 4.45. The Morgan fingerprint density at radius 1 is 1.43 bits per heavy atom. The van der Waals surface area contributed by atoms with Gasteiger partial charge in [0.1, 0.15) is 0 Å². The Morgan fingerprint density at radius 2 is 2.14 bits per heavy atom. The molecule has 0 bridgehead atoms. The molecule has 0 aliphatic rings. The van der Waals surface area contributed by atoms with Crippen molar-refractivity contribution in [2.24, 2.45) is 0 Å². The first-order valence-corrected chi connectivity index (χ1v) is 4.01. The molecule has 0 unspecified atom stereocenters.